The number of rotatable bonds is 6. The summed E-state index contributed by atoms with van der Waals surface area (Å²) in [5.41, 5.74) is 0.867. The van der Waals surface area contributed by atoms with Crippen molar-refractivity contribution in [2.45, 2.75) is 57.6 Å². The summed E-state index contributed by atoms with van der Waals surface area (Å²) in [5, 5.41) is 6.03. The topological polar surface area (TPSA) is 70.7 Å². The number of carbonyl (C=O) groups excluding carboxylic acids is 2. The molecular formula is C20H29N3O3. The number of benzene rings is 1. The van der Waals surface area contributed by atoms with Gasteiger partial charge in [0.25, 0.3) is 5.91 Å². The molecule has 2 aliphatic rings. The van der Waals surface area contributed by atoms with Crippen molar-refractivity contribution < 1.29 is 14.3 Å². The average molecular weight is 359 g/mol. The van der Waals surface area contributed by atoms with Gasteiger partial charge in [-0.15, -0.1) is 0 Å². The number of anilines is 1. The van der Waals surface area contributed by atoms with Crippen LogP contribution in [0.1, 0.15) is 45.4 Å². The van der Waals surface area contributed by atoms with E-state index in [0.717, 1.165) is 24.9 Å². The van der Waals surface area contributed by atoms with Crippen LogP contribution in [0.3, 0.4) is 0 Å². The third kappa shape index (κ3) is 4.68. The molecule has 1 aliphatic heterocycles. The number of hydrogen-bond donors (Lipinski definition) is 2. The zero-order chi connectivity index (χ0) is 18.4. The number of amides is 2. The molecule has 142 valence electrons. The van der Waals surface area contributed by atoms with Crippen LogP contribution < -0.4 is 20.3 Å². The summed E-state index contributed by atoms with van der Waals surface area (Å²) < 4.78 is 5.87. The quantitative estimate of drug-likeness (QED) is 0.817. The number of ether oxygens (including phenoxy) is 1. The highest BCUT2D eigenvalue weighted by atomic mass is 16.5. The third-order valence-corrected chi connectivity index (χ3v) is 5.01. The summed E-state index contributed by atoms with van der Waals surface area (Å²) >= 11 is 0. The Kier molecular flexibility index (Phi) is 6.36. The number of carbonyl (C=O) groups is 2. The highest BCUT2D eigenvalue weighted by Crippen LogP contribution is 2.33. The van der Waals surface area contributed by atoms with Gasteiger partial charge in [-0.05, 0) is 31.4 Å². The Morgan fingerprint density at radius 2 is 1.96 bits per heavy atom. The molecule has 0 spiro atoms. The molecule has 1 atom stereocenters. The Bertz CT molecular complexity index is 628. The number of para-hydroxylation sites is 2. The molecule has 1 aliphatic carbocycles. The normalized spacial score (nSPS) is 20.0. The molecule has 6 nitrogen and oxygen atoms in total. The van der Waals surface area contributed by atoms with Crippen LogP contribution >= 0.6 is 0 Å². The van der Waals surface area contributed by atoms with Gasteiger partial charge in [-0.3, -0.25) is 9.59 Å². The number of hydrogen-bond acceptors (Lipinski definition) is 4. The first-order chi connectivity index (χ1) is 12.7. The average Bonchev–Trinajstić information content (AvgIpc) is 2.66. The van der Waals surface area contributed by atoms with Crippen LogP contribution in [0.15, 0.2) is 24.3 Å². The van der Waals surface area contributed by atoms with Crippen molar-refractivity contribution >= 4 is 17.5 Å². The highest BCUT2D eigenvalue weighted by molar-refractivity contribution is 5.86. The maximum atomic E-state index is 12.5. The Hall–Kier alpha value is -2.24. The van der Waals surface area contributed by atoms with Gasteiger partial charge in [0.1, 0.15) is 5.75 Å². The van der Waals surface area contributed by atoms with Crippen molar-refractivity contribution in [3.8, 4) is 5.75 Å². The van der Waals surface area contributed by atoms with E-state index < -0.39 is 6.10 Å². The predicted octanol–water partition coefficient (Wildman–Crippen LogP) is 2.23. The van der Waals surface area contributed by atoms with E-state index in [2.05, 4.69) is 10.6 Å². The van der Waals surface area contributed by atoms with Gasteiger partial charge in [-0.1, -0.05) is 38.3 Å². The molecule has 1 fully saturated rings. The number of fused-ring (bicyclic) bond motifs is 1. The van der Waals surface area contributed by atoms with E-state index in [4.69, 9.17) is 4.74 Å². The van der Waals surface area contributed by atoms with E-state index in [-0.39, 0.29) is 24.4 Å². The molecule has 2 amide bonds. The number of nitrogens with zero attached hydrogens (tertiary/aromatic N) is 1. The van der Waals surface area contributed by atoms with E-state index in [1.807, 2.05) is 36.1 Å². The van der Waals surface area contributed by atoms with Crippen LogP contribution in [0, 0.1) is 0 Å². The van der Waals surface area contributed by atoms with Crippen LogP contribution in [-0.2, 0) is 9.59 Å². The SMILES string of the molecule is CCCNC(=O)C1CN(CC(=O)NC2CCCCC2)c2ccccc2O1. The fraction of sp³-hybridized carbons (Fsp3) is 0.600. The molecule has 0 saturated heterocycles. The molecule has 0 bridgehead atoms. The Balaban J connectivity index is 1.65. The lowest BCUT2D eigenvalue weighted by Gasteiger charge is -2.35. The summed E-state index contributed by atoms with van der Waals surface area (Å²) in [6.07, 6.45) is 6.04. The Morgan fingerprint density at radius 1 is 1.19 bits per heavy atom. The smallest absolute Gasteiger partial charge is 0.262 e. The van der Waals surface area contributed by atoms with Crippen LogP contribution in [-0.4, -0.2) is 43.6 Å². The highest BCUT2D eigenvalue weighted by Gasteiger charge is 2.31. The van der Waals surface area contributed by atoms with E-state index in [1.54, 1.807) is 0 Å². The molecule has 1 aromatic rings. The second kappa shape index (κ2) is 8.92. The summed E-state index contributed by atoms with van der Waals surface area (Å²) in [6, 6.07) is 7.87. The molecule has 2 N–H and O–H groups in total. The first-order valence-electron chi connectivity index (χ1n) is 9.75. The van der Waals surface area contributed by atoms with Gasteiger partial charge in [0.05, 0.1) is 18.8 Å². The van der Waals surface area contributed by atoms with Crippen LogP contribution in [0.5, 0.6) is 5.75 Å². The molecule has 1 saturated carbocycles. The van der Waals surface area contributed by atoms with E-state index in [0.29, 0.717) is 18.8 Å². The maximum absolute atomic E-state index is 12.5. The van der Waals surface area contributed by atoms with Crippen LogP contribution in [0.4, 0.5) is 5.69 Å². The van der Waals surface area contributed by atoms with E-state index in [1.165, 1.54) is 19.3 Å². The Labute approximate surface area is 155 Å². The number of nitrogens with one attached hydrogen (secondary N) is 2. The molecule has 1 aromatic carbocycles. The van der Waals surface area contributed by atoms with E-state index >= 15 is 0 Å². The van der Waals surface area contributed by atoms with Gasteiger partial charge in [-0.2, -0.15) is 0 Å². The lowest BCUT2D eigenvalue weighted by atomic mass is 9.95. The molecule has 3 rings (SSSR count). The lowest BCUT2D eigenvalue weighted by molar-refractivity contribution is -0.128. The van der Waals surface area contributed by atoms with Gasteiger partial charge in [0.15, 0.2) is 6.10 Å². The molecule has 0 radical (unpaired) electrons. The minimum Gasteiger partial charge on any atom is -0.477 e. The molecule has 0 aromatic heterocycles. The summed E-state index contributed by atoms with van der Waals surface area (Å²) in [5.74, 6) is 0.543. The largest absolute Gasteiger partial charge is 0.477 e. The van der Waals surface area contributed by atoms with Crippen molar-refractivity contribution in [2.24, 2.45) is 0 Å². The summed E-state index contributed by atoms with van der Waals surface area (Å²) in [7, 11) is 0. The van der Waals surface area contributed by atoms with Crippen molar-refractivity contribution in [1.29, 1.82) is 0 Å². The van der Waals surface area contributed by atoms with Gasteiger partial charge < -0.3 is 20.3 Å². The fourth-order valence-corrected chi connectivity index (χ4v) is 3.65. The molecule has 1 unspecified atom stereocenters. The van der Waals surface area contributed by atoms with E-state index in [9.17, 15) is 9.59 Å². The monoisotopic (exact) mass is 359 g/mol. The van der Waals surface area contributed by atoms with Crippen molar-refractivity contribution in [3.05, 3.63) is 24.3 Å². The van der Waals surface area contributed by atoms with Gasteiger partial charge >= 0.3 is 0 Å². The molecule has 26 heavy (non-hydrogen) atoms. The van der Waals surface area contributed by atoms with Crippen LogP contribution in [0.2, 0.25) is 0 Å². The third-order valence-electron chi connectivity index (χ3n) is 5.01. The predicted molar refractivity (Wildman–Crippen MR) is 101 cm³/mol. The second-order valence-electron chi connectivity index (χ2n) is 7.15. The minimum atomic E-state index is -0.598. The lowest BCUT2D eigenvalue weighted by Crippen LogP contribution is -2.52. The van der Waals surface area contributed by atoms with Crippen LogP contribution in [0.25, 0.3) is 0 Å². The minimum absolute atomic E-state index is 0.0151. The van der Waals surface area contributed by atoms with Crippen molar-refractivity contribution in [3.63, 3.8) is 0 Å². The summed E-state index contributed by atoms with van der Waals surface area (Å²) in [4.78, 5) is 26.8. The maximum Gasteiger partial charge on any atom is 0.262 e. The zero-order valence-electron chi connectivity index (χ0n) is 15.5. The zero-order valence-corrected chi connectivity index (χ0v) is 15.5. The van der Waals surface area contributed by atoms with Crippen molar-refractivity contribution in [2.75, 3.05) is 24.5 Å². The Morgan fingerprint density at radius 3 is 2.73 bits per heavy atom. The standard InChI is InChI=1S/C20H29N3O3/c1-2-12-21-20(25)18-13-23(16-10-6-7-11-17(16)26-18)14-19(24)22-15-8-4-3-5-9-15/h6-7,10-11,15,18H,2-5,8-9,12-14H2,1H3,(H,21,25)(H,22,24). The van der Waals surface area contributed by atoms with Gasteiger partial charge in [-0.25, -0.2) is 0 Å². The van der Waals surface area contributed by atoms with Gasteiger partial charge in [0, 0.05) is 12.6 Å². The molecular weight excluding hydrogens is 330 g/mol. The first-order valence-corrected chi connectivity index (χ1v) is 9.75. The fourth-order valence-electron chi connectivity index (χ4n) is 3.65. The summed E-state index contributed by atoms with van der Waals surface area (Å²) in [6.45, 7) is 3.26. The first kappa shape index (κ1) is 18.5. The van der Waals surface area contributed by atoms with Gasteiger partial charge in [0.2, 0.25) is 5.91 Å². The van der Waals surface area contributed by atoms with Crippen molar-refractivity contribution in [1.82, 2.24) is 10.6 Å². The molecule has 6 heteroatoms. The molecule has 1 heterocycles. The second-order valence-corrected chi connectivity index (χ2v) is 7.15.